The fourth-order valence-corrected chi connectivity index (χ4v) is 4.05. The molecule has 2 aliphatic rings. The van der Waals surface area contributed by atoms with Crippen molar-refractivity contribution < 1.29 is 4.52 Å². The predicted octanol–water partition coefficient (Wildman–Crippen LogP) is 3.81. The molecule has 0 aliphatic carbocycles. The molecule has 2 aliphatic heterocycles. The van der Waals surface area contributed by atoms with Crippen LogP contribution in [0.3, 0.4) is 0 Å². The number of hydrogen-bond donors (Lipinski definition) is 1. The van der Waals surface area contributed by atoms with Crippen molar-refractivity contribution in [3.05, 3.63) is 46.6 Å². The molecule has 6 heteroatoms. The van der Waals surface area contributed by atoms with Crippen molar-refractivity contribution in [2.45, 2.75) is 50.6 Å². The van der Waals surface area contributed by atoms with Crippen LogP contribution in [-0.2, 0) is 12.8 Å². The summed E-state index contributed by atoms with van der Waals surface area (Å²) in [4.78, 5) is 4.55. The van der Waals surface area contributed by atoms with E-state index in [0.29, 0.717) is 24.4 Å². The third kappa shape index (κ3) is 3.87. The molecule has 0 saturated carbocycles. The van der Waals surface area contributed by atoms with Gasteiger partial charge in [-0.05, 0) is 43.2 Å². The quantitative estimate of drug-likeness (QED) is 0.907. The third-order valence-electron chi connectivity index (χ3n) is 4.85. The largest absolute Gasteiger partial charge is 0.339 e. The normalized spacial score (nSPS) is 26.0. The van der Waals surface area contributed by atoms with Gasteiger partial charge in [0.25, 0.3) is 0 Å². The number of halogens is 2. The van der Waals surface area contributed by atoms with Gasteiger partial charge in [0, 0.05) is 29.9 Å². The maximum absolute atomic E-state index is 6.18. The molecular formula is C17H21Cl2N3O. The van der Waals surface area contributed by atoms with Gasteiger partial charge in [-0.25, -0.2) is 0 Å². The molecule has 0 radical (unpaired) electrons. The van der Waals surface area contributed by atoms with Crippen LogP contribution in [0.15, 0.2) is 28.8 Å². The second kappa shape index (κ2) is 7.20. The van der Waals surface area contributed by atoms with Crippen LogP contribution < -0.4 is 5.32 Å². The highest BCUT2D eigenvalue weighted by atomic mass is 35.5. The molecule has 1 aromatic carbocycles. The molecule has 2 unspecified atom stereocenters. The van der Waals surface area contributed by atoms with E-state index in [1.807, 2.05) is 24.3 Å². The standard InChI is InChI=1S/C17H20ClN3O.ClH/c18-15-4-2-1-3-12(15)10-16-20-17(22-21-16)9-11-7-13-5-6-14(8-11)19-13;/h1-4,11,13-14,19H,5-10H2;1H. The second-order valence-corrected chi connectivity index (χ2v) is 6.96. The molecule has 2 fully saturated rings. The summed E-state index contributed by atoms with van der Waals surface area (Å²) in [6.07, 6.45) is 6.65. The fourth-order valence-electron chi connectivity index (χ4n) is 3.85. The van der Waals surface area contributed by atoms with Crippen LogP contribution in [0.1, 0.15) is 43.0 Å². The van der Waals surface area contributed by atoms with Gasteiger partial charge in [-0.3, -0.25) is 0 Å². The van der Waals surface area contributed by atoms with Gasteiger partial charge in [0.05, 0.1) is 0 Å². The summed E-state index contributed by atoms with van der Waals surface area (Å²) in [5.74, 6) is 2.17. The minimum absolute atomic E-state index is 0. The SMILES string of the molecule is Cl.Clc1ccccc1Cc1noc(CC2CC3CCC(C2)N3)n1. The first-order valence-corrected chi connectivity index (χ1v) is 8.45. The summed E-state index contributed by atoms with van der Waals surface area (Å²) in [6.45, 7) is 0. The van der Waals surface area contributed by atoms with E-state index in [1.54, 1.807) is 0 Å². The Bertz CT molecular complexity index is 649. The lowest BCUT2D eigenvalue weighted by molar-refractivity contribution is 0.270. The molecule has 4 rings (SSSR count). The Kier molecular flexibility index (Phi) is 5.24. The summed E-state index contributed by atoms with van der Waals surface area (Å²) in [6, 6.07) is 9.21. The topological polar surface area (TPSA) is 51.0 Å². The lowest BCUT2D eigenvalue weighted by Crippen LogP contribution is -2.38. The number of hydrogen-bond acceptors (Lipinski definition) is 4. The van der Waals surface area contributed by atoms with Crippen molar-refractivity contribution in [3.8, 4) is 0 Å². The van der Waals surface area contributed by atoms with Gasteiger partial charge in [-0.2, -0.15) is 4.98 Å². The van der Waals surface area contributed by atoms with E-state index in [-0.39, 0.29) is 12.4 Å². The van der Waals surface area contributed by atoms with Gasteiger partial charge in [0.2, 0.25) is 5.89 Å². The van der Waals surface area contributed by atoms with Gasteiger partial charge < -0.3 is 9.84 Å². The van der Waals surface area contributed by atoms with Crippen molar-refractivity contribution in [2.75, 3.05) is 0 Å². The van der Waals surface area contributed by atoms with Gasteiger partial charge in [0.15, 0.2) is 5.82 Å². The molecule has 124 valence electrons. The van der Waals surface area contributed by atoms with Crippen molar-refractivity contribution in [2.24, 2.45) is 5.92 Å². The van der Waals surface area contributed by atoms with Gasteiger partial charge in [-0.15, -0.1) is 12.4 Å². The maximum Gasteiger partial charge on any atom is 0.226 e. The van der Waals surface area contributed by atoms with Crippen LogP contribution in [0.25, 0.3) is 0 Å². The molecule has 0 spiro atoms. The van der Waals surface area contributed by atoms with Crippen molar-refractivity contribution in [1.82, 2.24) is 15.5 Å². The number of aromatic nitrogens is 2. The molecule has 2 aromatic rings. The van der Waals surface area contributed by atoms with E-state index in [4.69, 9.17) is 16.1 Å². The highest BCUT2D eigenvalue weighted by Gasteiger charge is 2.34. The van der Waals surface area contributed by atoms with Crippen molar-refractivity contribution in [3.63, 3.8) is 0 Å². The molecule has 1 N–H and O–H groups in total. The van der Waals surface area contributed by atoms with Crippen LogP contribution in [-0.4, -0.2) is 22.2 Å². The molecular weight excluding hydrogens is 333 g/mol. The molecule has 2 atom stereocenters. The van der Waals surface area contributed by atoms with E-state index in [2.05, 4.69) is 15.5 Å². The summed E-state index contributed by atoms with van der Waals surface area (Å²) in [5.41, 5.74) is 1.04. The zero-order valence-electron chi connectivity index (χ0n) is 12.9. The maximum atomic E-state index is 6.18. The average molecular weight is 354 g/mol. The van der Waals surface area contributed by atoms with E-state index < -0.39 is 0 Å². The Hall–Kier alpha value is -1.10. The Morgan fingerprint density at radius 3 is 2.65 bits per heavy atom. The van der Waals surface area contributed by atoms with E-state index in [9.17, 15) is 0 Å². The smallest absolute Gasteiger partial charge is 0.226 e. The number of piperidine rings is 1. The van der Waals surface area contributed by atoms with Crippen molar-refractivity contribution in [1.29, 1.82) is 0 Å². The highest BCUT2D eigenvalue weighted by molar-refractivity contribution is 6.31. The van der Waals surface area contributed by atoms with Gasteiger partial charge in [-0.1, -0.05) is 35.0 Å². The number of benzene rings is 1. The zero-order chi connectivity index (χ0) is 14.9. The fraction of sp³-hybridized carbons (Fsp3) is 0.529. The molecule has 2 bridgehead atoms. The van der Waals surface area contributed by atoms with Gasteiger partial charge in [0.1, 0.15) is 0 Å². The summed E-state index contributed by atoms with van der Waals surface area (Å²) in [7, 11) is 0. The number of nitrogens with one attached hydrogen (secondary N) is 1. The number of nitrogens with zero attached hydrogens (tertiary/aromatic N) is 2. The molecule has 1 aromatic heterocycles. The van der Waals surface area contributed by atoms with Crippen LogP contribution in [0.2, 0.25) is 5.02 Å². The number of rotatable bonds is 4. The monoisotopic (exact) mass is 353 g/mol. The van der Waals surface area contributed by atoms with E-state index >= 15 is 0 Å². The lowest BCUT2D eigenvalue weighted by atomic mass is 9.90. The first-order chi connectivity index (χ1) is 10.8. The first-order valence-electron chi connectivity index (χ1n) is 8.07. The Morgan fingerprint density at radius 1 is 1.17 bits per heavy atom. The molecule has 3 heterocycles. The molecule has 2 saturated heterocycles. The Balaban J connectivity index is 0.00000156. The summed E-state index contributed by atoms with van der Waals surface area (Å²) >= 11 is 6.18. The lowest BCUT2D eigenvalue weighted by Gasteiger charge is -2.28. The minimum Gasteiger partial charge on any atom is -0.339 e. The third-order valence-corrected chi connectivity index (χ3v) is 5.22. The second-order valence-electron chi connectivity index (χ2n) is 6.55. The first kappa shape index (κ1) is 16.7. The van der Waals surface area contributed by atoms with Crippen LogP contribution in [0, 0.1) is 5.92 Å². The van der Waals surface area contributed by atoms with Crippen molar-refractivity contribution >= 4 is 24.0 Å². The molecule has 4 nitrogen and oxygen atoms in total. The zero-order valence-corrected chi connectivity index (χ0v) is 14.4. The van der Waals surface area contributed by atoms with E-state index in [1.165, 1.54) is 25.7 Å². The van der Waals surface area contributed by atoms with Crippen LogP contribution >= 0.6 is 24.0 Å². The van der Waals surface area contributed by atoms with Crippen LogP contribution in [0.4, 0.5) is 0 Å². The average Bonchev–Trinajstić information content (AvgIpc) is 3.08. The Morgan fingerprint density at radius 2 is 1.91 bits per heavy atom. The predicted molar refractivity (Wildman–Crippen MR) is 92.2 cm³/mol. The molecule has 23 heavy (non-hydrogen) atoms. The summed E-state index contributed by atoms with van der Waals surface area (Å²) in [5, 5.41) is 8.53. The molecule has 0 amide bonds. The number of fused-ring (bicyclic) bond motifs is 2. The summed E-state index contributed by atoms with van der Waals surface area (Å²) < 4.78 is 5.45. The highest BCUT2D eigenvalue weighted by Crippen LogP contribution is 2.32. The van der Waals surface area contributed by atoms with E-state index in [0.717, 1.165) is 28.7 Å². The van der Waals surface area contributed by atoms with Crippen LogP contribution in [0.5, 0.6) is 0 Å². The Labute approximate surface area is 147 Å². The van der Waals surface area contributed by atoms with Gasteiger partial charge >= 0.3 is 0 Å². The minimum atomic E-state index is 0.